The van der Waals surface area contributed by atoms with Crippen molar-refractivity contribution in [1.29, 1.82) is 0 Å². The van der Waals surface area contributed by atoms with Crippen LogP contribution < -0.4 is 10.5 Å². The number of carbonyl (C=O) groups excluding carboxylic acids is 1. The first-order valence-corrected chi connectivity index (χ1v) is 11.3. The average molecular weight is 449 g/mol. The summed E-state index contributed by atoms with van der Waals surface area (Å²) in [5.74, 6) is -0.368. The van der Waals surface area contributed by atoms with E-state index in [2.05, 4.69) is 9.88 Å². The van der Waals surface area contributed by atoms with Gasteiger partial charge in [-0.3, -0.25) is 14.2 Å². The van der Waals surface area contributed by atoms with Crippen LogP contribution in [0.5, 0.6) is 0 Å². The van der Waals surface area contributed by atoms with E-state index in [1.807, 2.05) is 35.7 Å². The fraction of sp³-hybridized carbons (Fsp3) is 0.208. The predicted molar refractivity (Wildman–Crippen MR) is 125 cm³/mol. The van der Waals surface area contributed by atoms with E-state index in [9.17, 15) is 14.0 Å². The van der Waals surface area contributed by atoms with Crippen molar-refractivity contribution in [3.63, 3.8) is 0 Å². The normalized spacial score (nSPS) is 14.2. The molecule has 0 spiro atoms. The molecule has 0 atom stereocenters. The van der Waals surface area contributed by atoms with Gasteiger partial charge in [0.05, 0.1) is 11.8 Å². The highest BCUT2D eigenvalue weighted by Crippen LogP contribution is 2.30. The van der Waals surface area contributed by atoms with Gasteiger partial charge in [-0.05, 0) is 29.8 Å². The Balaban J connectivity index is 1.29. The van der Waals surface area contributed by atoms with E-state index in [4.69, 9.17) is 0 Å². The Morgan fingerprint density at radius 3 is 2.44 bits per heavy atom. The maximum Gasteiger partial charge on any atom is 0.271 e. The second-order valence-electron chi connectivity index (χ2n) is 7.72. The number of hydrogen-bond acceptors (Lipinski definition) is 5. The van der Waals surface area contributed by atoms with Crippen LogP contribution >= 0.6 is 11.3 Å². The number of rotatable bonds is 4. The summed E-state index contributed by atoms with van der Waals surface area (Å²) >= 11 is 1.36. The van der Waals surface area contributed by atoms with E-state index in [-0.39, 0.29) is 23.8 Å². The third-order valence-electron chi connectivity index (χ3n) is 5.76. The number of hydrogen-bond donors (Lipinski definition) is 0. The van der Waals surface area contributed by atoms with Crippen LogP contribution in [-0.2, 0) is 11.3 Å². The fourth-order valence-electron chi connectivity index (χ4n) is 3.99. The van der Waals surface area contributed by atoms with Gasteiger partial charge in [0, 0.05) is 42.8 Å². The Morgan fingerprint density at radius 1 is 1.00 bits per heavy atom. The van der Waals surface area contributed by atoms with Gasteiger partial charge in [-0.2, -0.15) is 0 Å². The van der Waals surface area contributed by atoms with Gasteiger partial charge in [0.15, 0.2) is 0 Å². The van der Waals surface area contributed by atoms with Crippen molar-refractivity contribution in [2.45, 2.75) is 6.54 Å². The van der Waals surface area contributed by atoms with Crippen LogP contribution in [0.25, 0.3) is 21.3 Å². The van der Waals surface area contributed by atoms with Crippen molar-refractivity contribution in [3.8, 4) is 11.1 Å². The van der Waals surface area contributed by atoms with E-state index in [0.717, 1.165) is 16.8 Å². The Labute approximate surface area is 188 Å². The molecule has 162 valence electrons. The number of nitrogens with zero attached hydrogens (tertiary/aromatic N) is 4. The van der Waals surface area contributed by atoms with Gasteiger partial charge in [-0.15, -0.1) is 11.3 Å². The molecule has 32 heavy (non-hydrogen) atoms. The number of thiophene rings is 1. The average Bonchev–Trinajstić information content (AvgIpc) is 3.27. The zero-order chi connectivity index (χ0) is 22.1. The maximum atomic E-state index is 13.1. The highest BCUT2D eigenvalue weighted by Gasteiger charge is 2.22. The summed E-state index contributed by atoms with van der Waals surface area (Å²) in [5.41, 5.74) is 3.36. The number of carbonyl (C=O) groups is 1. The smallest absolute Gasteiger partial charge is 0.271 e. The van der Waals surface area contributed by atoms with Gasteiger partial charge in [0.2, 0.25) is 5.91 Å². The monoisotopic (exact) mass is 448 g/mol. The fourth-order valence-corrected chi connectivity index (χ4v) is 4.96. The standard InChI is InChI=1S/C24H21FN4O2S/c25-18-6-8-19(9-7-18)27-10-12-28(13-11-27)21(30)14-29-16-26-22-20(15-32-23(22)24(29)31)17-4-2-1-3-5-17/h1-9,15-16H,10-14H2. The molecule has 4 aromatic rings. The highest BCUT2D eigenvalue weighted by atomic mass is 32.1. The summed E-state index contributed by atoms with van der Waals surface area (Å²) < 4.78 is 15.1. The number of benzene rings is 2. The zero-order valence-corrected chi connectivity index (χ0v) is 18.1. The van der Waals surface area contributed by atoms with Crippen molar-refractivity contribution >= 4 is 33.1 Å². The highest BCUT2D eigenvalue weighted by molar-refractivity contribution is 7.17. The molecule has 0 bridgehead atoms. The molecule has 5 rings (SSSR count). The second-order valence-corrected chi connectivity index (χ2v) is 8.59. The molecular weight excluding hydrogens is 427 g/mol. The molecule has 1 aliphatic heterocycles. The number of fused-ring (bicyclic) bond motifs is 1. The Kier molecular flexibility index (Phi) is 5.45. The lowest BCUT2D eigenvalue weighted by Crippen LogP contribution is -2.50. The van der Waals surface area contributed by atoms with Gasteiger partial charge in [-0.25, -0.2) is 9.37 Å². The van der Waals surface area contributed by atoms with E-state index >= 15 is 0 Å². The first kappa shape index (κ1) is 20.4. The molecule has 1 saturated heterocycles. The molecule has 2 aromatic carbocycles. The van der Waals surface area contributed by atoms with Gasteiger partial charge in [0.25, 0.3) is 5.56 Å². The predicted octanol–water partition coefficient (Wildman–Crippen LogP) is 3.61. The molecule has 0 saturated carbocycles. The van der Waals surface area contributed by atoms with Crippen LogP contribution in [0.15, 0.2) is 71.1 Å². The Morgan fingerprint density at radius 2 is 1.72 bits per heavy atom. The van der Waals surface area contributed by atoms with E-state index in [0.29, 0.717) is 36.4 Å². The molecular formula is C24H21FN4O2S. The van der Waals surface area contributed by atoms with Crippen LogP contribution in [0.4, 0.5) is 10.1 Å². The van der Waals surface area contributed by atoms with E-state index in [1.165, 1.54) is 34.4 Å². The minimum absolute atomic E-state index is 0.0309. The Hall–Kier alpha value is -3.52. The first-order chi connectivity index (χ1) is 15.6. The van der Waals surface area contributed by atoms with Crippen molar-refractivity contribution in [2.75, 3.05) is 31.1 Å². The molecule has 0 N–H and O–H groups in total. The number of anilines is 1. The Bertz CT molecular complexity index is 1310. The summed E-state index contributed by atoms with van der Waals surface area (Å²) in [6, 6.07) is 16.2. The lowest BCUT2D eigenvalue weighted by atomic mass is 10.1. The minimum atomic E-state index is -0.264. The molecule has 3 heterocycles. The second kappa shape index (κ2) is 8.55. The topological polar surface area (TPSA) is 58.4 Å². The molecule has 0 unspecified atom stereocenters. The van der Waals surface area contributed by atoms with Gasteiger partial charge in [0.1, 0.15) is 17.1 Å². The summed E-state index contributed by atoms with van der Waals surface area (Å²) in [6.07, 6.45) is 1.47. The molecule has 1 aliphatic rings. The van der Waals surface area contributed by atoms with Crippen LogP contribution in [0.3, 0.4) is 0 Å². The zero-order valence-electron chi connectivity index (χ0n) is 17.3. The van der Waals surface area contributed by atoms with Crippen molar-refractivity contribution < 1.29 is 9.18 Å². The largest absolute Gasteiger partial charge is 0.368 e. The first-order valence-electron chi connectivity index (χ1n) is 10.4. The third kappa shape index (κ3) is 3.89. The summed E-state index contributed by atoms with van der Waals surface area (Å²) in [4.78, 5) is 34.2. The molecule has 8 heteroatoms. The van der Waals surface area contributed by atoms with Crippen LogP contribution in [0.1, 0.15) is 0 Å². The molecule has 0 aliphatic carbocycles. The number of piperazine rings is 1. The van der Waals surface area contributed by atoms with Crippen molar-refractivity contribution in [1.82, 2.24) is 14.5 Å². The molecule has 1 fully saturated rings. The number of halogens is 1. The third-order valence-corrected chi connectivity index (χ3v) is 6.72. The maximum absolute atomic E-state index is 13.1. The van der Waals surface area contributed by atoms with Crippen LogP contribution in [0.2, 0.25) is 0 Å². The van der Waals surface area contributed by atoms with E-state index < -0.39 is 0 Å². The lowest BCUT2D eigenvalue weighted by Gasteiger charge is -2.36. The summed E-state index contributed by atoms with van der Waals surface area (Å²) in [5, 5.41) is 1.94. The van der Waals surface area contributed by atoms with Crippen molar-refractivity contribution in [2.24, 2.45) is 0 Å². The quantitative estimate of drug-likeness (QED) is 0.479. The summed E-state index contributed by atoms with van der Waals surface area (Å²) in [6.45, 7) is 2.40. The molecule has 6 nitrogen and oxygen atoms in total. The minimum Gasteiger partial charge on any atom is -0.368 e. The molecule has 2 aromatic heterocycles. The van der Waals surface area contributed by atoms with Crippen molar-refractivity contribution in [3.05, 3.63) is 82.5 Å². The van der Waals surface area contributed by atoms with Gasteiger partial charge in [-0.1, -0.05) is 30.3 Å². The van der Waals surface area contributed by atoms with Gasteiger partial charge < -0.3 is 9.80 Å². The summed E-state index contributed by atoms with van der Waals surface area (Å²) in [7, 11) is 0. The van der Waals surface area contributed by atoms with Gasteiger partial charge >= 0.3 is 0 Å². The van der Waals surface area contributed by atoms with Crippen LogP contribution in [0, 0.1) is 5.82 Å². The van der Waals surface area contributed by atoms with Crippen LogP contribution in [-0.4, -0.2) is 46.5 Å². The molecule has 1 amide bonds. The SMILES string of the molecule is O=C(Cn1cnc2c(-c3ccccc3)csc2c1=O)N1CCN(c2ccc(F)cc2)CC1. The molecule has 0 radical (unpaired) electrons. The number of amides is 1. The number of aromatic nitrogens is 2. The van der Waals surface area contributed by atoms with E-state index in [1.54, 1.807) is 17.0 Å². The lowest BCUT2D eigenvalue weighted by molar-refractivity contribution is -0.132.